The summed E-state index contributed by atoms with van der Waals surface area (Å²) in [5.41, 5.74) is 2.58. The summed E-state index contributed by atoms with van der Waals surface area (Å²) in [6, 6.07) is 13.6. The van der Waals surface area contributed by atoms with Gasteiger partial charge in [-0.25, -0.2) is 0 Å². The Morgan fingerprint density at radius 1 is 1.14 bits per heavy atom. The zero-order valence-electron chi connectivity index (χ0n) is 11.4. The minimum atomic E-state index is -0.140. The van der Waals surface area contributed by atoms with Gasteiger partial charge in [0.15, 0.2) is 0 Å². The van der Waals surface area contributed by atoms with Crippen molar-refractivity contribution < 1.29 is 4.79 Å². The van der Waals surface area contributed by atoms with Gasteiger partial charge in [0, 0.05) is 27.0 Å². The van der Waals surface area contributed by atoms with E-state index >= 15 is 0 Å². The quantitative estimate of drug-likeness (QED) is 0.662. The topological polar surface area (TPSA) is 42.0 Å². The summed E-state index contributed by atoms with van der Waals surface area (Å²) in [6.07, 6.45) is 3.37. The van der Waals surface area contributed by atoms with Crippen LogP contribution in [0.1, 0.15) is 15.9 Å². The molecular weight excluding hydrogens is 375 g/mol. The molecular formula is C17H13IN2O. The second-order valence-electron chi connectivity index (χ2n) is 4.83. The molecule has 1 heterocycles. The molecule has 1 N–H and O–H groups in total. The summed E-state index contributed by atoms with van der Waals surface area (Å²) in [6.45, 7) is 2.04. The Kier molecular flexibility index (Phi) is 3.88. The molecule has 0 radical (unpaired) electrons. The molecule has 3 nitrogen and oxygen atoms in total. The van der Waals surface area contributed by atoms with Gasteiger partial charge in [-0.3, -0.25) is 9.78 Å². The van der Waals surface area contributed by atoms with E-state index in [4.69, 9.17) is 0 Å². The maximum atomic E-state index is 12.5. The number of amides is 1. The Hall–Kier alpha value is -1.95. The summed E-state index contributed by atoms with van der Waals surface area (Å²) in [7, 11) is 0. The van der Waals surface area contributed by atoms with Crippen LogP contribution in [0.4, 0.5) is 5.69 Å². The number of aromatic nitrogens is 1. The molecule has 104 valence electrons. The van der Waals surface area contributed by atoms with Crippen LogP contribution in [0.5, 0.6) is 0 Å². The first kappa shape index (κ1) is 14.0. The van der Waals surface area contributed by atoms with Crippen molar-refractivity contribution in [1.82, 2.24) is 4.98 Å². The van der Waals surface area contributed by atoms with Crippen LogP contribution < -0.4 is 5.32 Å². The highest BCUT2D eigenvalue weighted by Crippen LogP contribution is 2.20. The Balaban J connectivity index is 1.95. The van der Waals surface area contributed by atoms with E-state index in [0.717, 1.165) is 20.0 Å². The summed E-state index contributed by atoms with van der Waals surface area (Å²) < 4.78 is 1.13. The van der Waals surface area contributed by atoms with Crippen LogP contribution in [-0.4, -0.2) is 10.9 Å². The molecule has 0 saturated heterocycles. The number of fused-ring (bicyclic) bond motifs is 1. The van der Waals surface area contributed by atoms with Crippen LogP contribution in [0.25, 0.3) is 10.8 Å². The highest BCUT2D eigenvalue weighted by atomic mass is 127. The number of anilines is 1. The van der Waals surface area contributed by atoms with Crippen LogP contribution in [-0.2, 0) is 0 Å². The van der Waals surface area contributed by atoms with Crippen molar-refractivity contribution in [2.45, 2.75) is 6.92 Å². The first-order valence-electron chi connectivity index (χ1n) is 6.55. The number of hydrogen-bond acceptors (Lipinski definition) is 2. The zero-order chi connectivity index (χ0) is 14.8. The van der Waals surface area contributed by atoms with Gasteiger partial charge in [0.25, 0.3) is 5.91 Å². The lowest BCUT2D eigenvalue weighted by molar-refractivity contribution is 0.102. The Morgan fingerprint density at radius 3 is 2.76 bits per heavy atom. The summed E-state index contributed by atoms with van der Waals surface area (Å²) in [5, 5.41) is 4.81. The standard InChI is InChI=1S/C17H13IN2O/c1-11-6-7-13(8-16(11)18)20-17(21)15-10-19-9-12-4-2-3-5-14(12)15/h2-10H,1H3,(H,20,21). The first-order chi connectivity index (χ1) is 10.1. The number of hydrogen-bond donors (Lipinski definition) is 1. The second-order valence-corrected chi connectivity index (χ2v) is 5.99. The van der Waals surface area contributed by atoms with Gasteiger partial charge in [-0.05, 0) is 52.6 Å². The van der Waals surface area contributed by atoms with Crippen molar-refractivity contribution >= 4 is 45.0 Å². The molecule has 1 aromatic heterocycles. The number of pyridine rings is 1. The number of carbonyl (C=O) groups is 1. The number of rotatable bonds is 2. The molecule has 0 bridgehead atoms. The molecule has 1 amide bonds. The van der Waals surface area contributed by atoms with Crippen LogP contribution in [0, 0.1) is 10.5 Å². The Morgan fingerprint density at radius 2 is 1.95 bits per heavy atom. The lowest BCUT2D eigenvalue weighted by Crippen LogP contribution is -2.13. The predicted octanol–water partition coefficient (Wildman–Crippen LogP) is 4.40. The molecule has 0 fully saturated rings. The third kappa shape index (κ3) is 2.90. The molecule has 0 aliphatic heterocycles. The fourth-order valence-electron chi connectivity index (χ4n) is 2.17. The number of nitrogens with zero attached hydrogens (tertiary/aromatic N) is 1. The molecule has 4 heteroatoms. The van der Waals surface area contributed by atoms with Crippen molar-refractivity contribution in [2.75, 3.05) is 5.32 Å². The van der Waals surface area contributed by atoms with Gasteiger partial charge in [-0.1, -0.05) is 30.3 Å². The maximum absolute atomic E-state index is 12.5. The third-order valence-electron chi connectivity index (χ3n) is 3.34. The predicted molar refractivity (Wildman–Crippen MR) is 93.6 cm³/mol. The monoisotopic (exact) mass is 388 g/mol. The van der Waals surface area contributed by atoms with Gasteiger partial charge in [0.1, 0.15) is 0 Å². The van der Waals surface area contributed by atoms with Gasteiger partial charge in [-0.2, -0.15) is 0 Å². The van der Waals surface area contributed by atoms with E-state index in [0.29, 0.717) is 5.56 Å². The normalized spacial score (nSPS) is 10.6. The molecule has 0 aliphatic rings. The number of aryl methyl sites for hydroxylation is 1. The zero-order valence-corrected chi connectivity index (χ0v) is 13.6. The van der Waals surface area contributed by atoms with E-state index in [9.17, 15) is 4.79 Å². The first-order valence-corrected chi connectivity index (χ1v) is 7.63. The van der Waals surface area contributed by atoms with E-state index in [1.165, 1.54) is 5.56 Å². The summed E-state index contributed by atoms with van der Waals surface area (Å²) in [5.74, 6) is -0.140. The van der Waals surface area contributed by atoms with E-state index in [1.807, 2.05) is 49.4 Å². The molecule has 3 aromatic rings. The third-order valence-corrected chi connectivity index (χ3v) is 4.50. The molecule has 0 unspecified atom stereocenters. The number of halogens is 1. The van der Waals surface area contributed by atoms with Crippen molar-refractivity contribution in [3.05, 3.63) is 69.6 Å². The van der Waals surface area contributed by atoms with Gasteiger partial charge >= 0.3 is 0 Å². The second kappa shape index (κ2) is 5.81. The minimum absolute atomic E-state index is 0.140. The van der Waals surface area contributed by atoms with Crippen LogP contribution in [0.3, 0.4) is 0 Å². The summed E-state index contributed by atoms with van der Waals surface area (Å²) >= 11 is 2.26. The molecule has 21 heavy (non-hydrogen) atoms. The molecule has 0 atom stereocenters. The number of carbonyl (C=O) groups excluding carboxylic acids is 1. The average Bonchev–Trinajstić information content (AvgIpc) is 2.50. The fourth-order valence-corrected chi connectivity index (χ4v) is 2.68. The van der Waals surface area contributed by atoms with Gasteiger partial charge < -0.3 is 5.32 Å². The lowest BCUT2D eigenvalue weighted by Gasteiger charge is -2.09. The van der Waals surface area contributed by atoms with Crippen LogP contribution >= 0.6 is 22.6 Å². The van der Waals surface area contributed by atoms with Crippen molar-refractivity contribution in [1.29, 1.82) is 0 Å². The van der Waals surface area contributed by atoms with Crippen molar-refractivity contribution in [3.8, 4) is 0 Å². The molecule has 3 rings (SSSR count). The molecule has 0 saturated carbocycles. The Bertz CT molecular complexity index is 825. The largest absolute Gasteiger partial charge is 0.322 e. The minimum Gasteiger partial charge on any atom is -0.322 e. The summed E-state index contributed by atoms with van der Waals surface area (Å²) in [4.78, 5) is 16.6. The fraction of sp³-hybridized carbons (Fsp3) is 0.0588. The van der Waals surface area contributed by atoms with Crippen LogP contribution in [0.15, 0.2) is 54.9 Å². The lowest BCUT2D eigenvalue weighted by atomic mass is 10.1. The average molecular weight is 388 g/mol. The highest BCUT2D eigenvalue weighted by molar-refractivity contribution is 14.1. The van der Waals surface area contributed by atoms with E-state index in [-0.39, 0.29) is 5.91 Å². The van der Waals surface area contributed by atoms with Gasteiger partial charge in [-0.15, -0.1) is 0 Å². The van der Waals surface area contributed by atoms with Crippen molar-refractivity contribution in [2.24, 2.45) is 0 Å². The molecule has 2 aromatic carbocycles. The van der Waals surface area contributed by atoms with E-state index in [2.05, 4.69) is 32.9 Å². The van der Waals surface area contributed by atoms with E-state index in [1.54, 1.807) is 12.4 Å². The van der Waals surface area contributed by atoms with Crippen molar-refractivity contribution in [3.63, 3.8) is 0 Å². The van der Waals surface area contributed by atoms with Gasteiger partial charge in [0.2, 0.25) is 0 Å². The van der Waals surface area contributed by atoms with E-state index < -0.39 is 0 Å². The highest BCUT2D eigenvalue weighted by Gasteiger charge is 2.11. The Labute approximate surface area is 136 Å². The molecule has 0 aliphatic carbocycles. The van der Waals surface area contributed by atoms with Gasteiger partial charge in [0.05, 0.1) is 5.56 Å². The maximum Gasteiger partial charge on any atom is 0.257 e. The molecule has 0 spiro atoms. The number of nitrogens with one attached hydrogen (secondary N) is 1. The number of benzene rings is 2. The van der Waals surface area contributed by atoms with Crippen LogP contribution in [0.2, 0.25) is 0 Å². The smallest absolute Gasteiger partial charge is 0.257 e. The SMILES string of the molecule is Cc1ccc(NC(=O)c2cncc3ccccc23)cc1I.